The van der Waals surface area contributed by atoms with Gasteiger partial charge in [-0.2, -0.15) is 26.3 Å². The SMILES string of the molecule is O=C(CO)NC(C(=O)N1CC[C@@]2(S(=O)(=O)c3ccc(F)cc3)c3ccc(C(F)(C(F)(F)F)C(F)(F)F)cc3CC[C@@H]12)C1CCS(=O)(=O)CC1. The summed E-state index contributed by atoms with van der Waals surface area (Å²) >= 11 is 0. The van der Waals surface area contributed by atoms with Gasteiger partial charge in [0.05, 0.1) is 22.4 Å². The fourth-order valence-corrected chi connectivity index (χ4v) is 11.2. The minimum absolute atomic E-state index is 0.0586. The molecule has 1 aliphatic carbocycles. The lowest BCUT2D eigenvalue weighted by Crippen LogP contribution is -2.58. The Morgan fingerprint density at radius 1 is 0.959 bits per heavy atom. The Morgan fingerprint density at radius 3 is 2.10 bits per heavy atom. The van der Waals surface area contributed by atoms with Crippen molar-refractivity contribution in [1.29, 1.82) is 0 Å². The highest BCUT2D eigenvalue weighted by molar-refractivity contribution is 7.92. The summed E-state index contributed by atoms with van der Waals surface area (Å²) in [6.45, 7) is -1.39. The van der Waals surface area contributed by atoms with Crippen molar-refractivity contribution in [3.05, 3.63) is 65.0 Å². The zero-order valence-electron chi connectivity index (χ0n) is 25.3. The predicted molar refractivity (Wildman–Crippen MR) is 155 cm³/mol. The van der Waals surface area contributed by atoms with Gasteiger partial charge in [-0.15, -0.1) is 0 Å². The van der Waals surface area contributed by atoms with E-state index in [0.29, 0.717) is 12.1 Å². The lowest BCUT2D eigenvalue weighted by Gasteiger charge is -2.44. The first-order valence-electron chi connectivity index (χ1n) is 15.0. The molecule has 270 valence electrons. The minimum Gasteiger partial charge on any atom is -0.387 e. The van der Waals surface area contributed by atoms with E-state index in [2.05, 4.69) is 5.32 Å². The van der Waals surface area contributed by atoms with Crippen LogP contribution in [0, 0.1) is 11.7 Å². The van der Waals surface area contributed by atoms with Gasteiger partial charge < -0.3 is 15.3 Å². The highest BCUT2D eigenvalue weighted by Gasteiger charge is 2.74. The van der Waals surface area contributed by atoms with E-state index in [-0.39, 0.29) is 60.9 Å². The van der Waals surface area contributed by atoms with Gasteiger partial charge in [-0.25, -0.2) is 25.6 Å². The molecule has 19 heteroatoms. The lowest BCUT2D eigenvalue weighted by atomic mass is 9.76. The van der Waals surface area contributed by atoms with E-state index in [0.717, 1.165) is 29.2 Å². The number of hydrogen-bond acceptors (Lipinski definition) is 7. The average Bonchev–Trinajstić information content (AvgIpc) is 3.43. The minimum atomic E-state index is -6.43. The van der Waals surface area contributed by atoms with Crippen molar-refractivity contribution >= 4 is 31.5 Å². The number of sulfone groups is 2. The Balaban J connectivity index is 1.65. The standard InChI is InChI=1S/C30H30F8N2O7S2/c31-20-3-5-21(6-4-20)49(46,47)27-11-12-40(26(43)25(39-24(42)16-41)17-9-13-48(44,45)14-10-17)23(27)8-1-18-15-19(2-7-22(18)27)28(32,29(33,34)35)30(36,37)38/h2-7,15,17,23,25,41H,1,8-14,16H2,(H,39,42)/t23-,25?,27-/m1/s1. The van der Waals surface area contributed by atoms with Gasteiger partial charge in [-0.3, -0.25) is 9.59 Å². The van der Waals surface area contributed by atoms with Gasteiger partial charge in [0.15, 0.2) is 9.84 Å². The molecule has 2 fully saturated rings. The molecule has 5 rings (SSSR count). The zero-order chi connectivity index (χ0) is 36.4. The van der Waals surface area contributed by atoms with Crippen LogP contribution in [0.5, 0.6) is 0 Å². The summed E-state index contributed by atoms with van der Waals surface area (Å²) in [6.07, 6.45) is -14.2. The molecule has 3 aliphatic rings. The lowest BCUT2D eigenvalue weighted by molar-refractivity contribution is -0.348. The van der Waals surface area contributed by atoms with Crippen LogP contribution in [-0.2, 0) is 46.1 Å². The number of alkyl halides is 7. The van der Waals surface area contributed by atoms with Crippen LogP contribution in [0.4, 0.5) is 35.1 Å². The second-order valence-electron chi connectivity index (χ2n) is 12.4. The molecule has 0 bridgehead atoms. The largest absolute Gasteiger partial charge is 0.435 e. The van der Waals surface area contributed by atoms with Crippen LogP contribution in [0.15, 0.2) is 47.4 Å². The summed E-state index contributed by atoms with van der Waals surface area (Å²) in [7, 11) is -8.20. The first-order valence-corrected chi connectivity index (χ1v) is 18.3. The van der Waals surface area contributed by atoms with E-state index in [4.69, 9.17) is 0 Å². The number of likely N-dealkylation sites (tertiary alicyclic amines) is 1. The number of halogens is 8. The van der Waals surface area contributed by atoms with Crippen molar-refractivity contribution in [3.63, 3.8) is 0 Å². The molecule has 2 aliphatic heterocycles. The number of benzene rings is 2. The van der Waals surface area contributed by atoms with Gasteiger partial charge in [0.2, 0.25) is 11.8 Å². The Morgan fingerprint density at radius 2 is 1.55 bits per heavy atom. The van der Waals surface area contributed by atoms with E-state index in [9.17, 15) is 62.3 Å². The van der Waals surface area contributed by atoms with Crippen molar-refractivity contribution in [2.24, 2.45) is 5.92 Å². The predicted octanol–water partition coefficient (Wildman–Crippen LogP) is 3.63. The number of aryl methyl sites for hydroxylation is 1. The number of fused-ring (bicyclic) bond motifs is 3. The fourth-order valence-electron chi connectivity index (χ4n) is 7.34. The highest BCUT2D eigenvalue weighted by Crippen LogP contribution is 2.57. The second-order valence-corrected chi connectivity index (χ2v) is 16.9. The molecule has 2 saturated heterocycles. The van der Waals surface area contributed by atoms with Crippen LogP contribution in [0.25, 0.3) is 0 Å². The van der Waals surface area contributed by atoms with E-state index in [1.165, 1.54) is 0 Å². The van der Waals surface area contributed by atoms with Gasteiger partial charge in [0, 0.05) is 12.1 Å². The molecule has 0 spiro atoms. The van der Waals surface area contributed by atoms with Gasteiger partial charge in [-0.05, 0) is 73.4 Å². The number of nitrogens with one attached hydrogen (secondary N) is 1. The van der Waals surface area contributed by atoms with Crippen molar-refractivity contribution < 1.29 is 66.7 Å². The number of carbonyl (C=O) groups is 2. The van der Waals surface area contributed by atoms with Crippen molar-refractivity contribution in [2.45, 2.75) is 71.9 Å². The third-order valence-electron chi connectivity index (χ3n) is 9.75. The van der Waals surface area contributed by atoms with Crippen molar-refractivity contribution in [3.8, 4) is 0 Å². The number of aliphatic hydroxyl groups excluding tert-OH is 1. The van der Waals surface area contributed by atoms with E-state index in [1.54, 1.807) is 0 Å². The van der Waals surface area contributed by atoms with Crippen LogP contribution >= 0.6 is 0 Å². The summed E-state index contributed by atoms with van der Waals surface area (Å²) in [5.41, 5.74) is -8.23. The van der Waals surface area contributed by atoms with Crippen molar-refractivity contribution in [2.75, 3.05) is 24.7 Å². The Kier molecular flexibility index (Phi) is 9.40. The molecule has 2 amide bonds. The number of amides is 2. The number of hydrogen-bond donors (Lipinski definition) is 2. The van der Waals surface area contributed by atoms with Gasteiger partial charge in [-0.1, -0.05) is 18.2 Å². The van der Waals surface area contributed by atoms with Crippen LogP contribution in [-0.4, -0.2) is 87.8 Å². The number of aliphatic hydroxyl groups is 1. The fraction of sp³-hybridized carbons (Fsp3) is 0.533. The molecular weight excluding hydrogens is 716 g/mol. The van der Waals surface area contributed by atoms with Crippen LogP contribution < -0.4 is 5.32 Å². The normalized spacial score (nSPS) is 23.8. The Hall–Kier alpha value is -3.32. The summed E-state index contributed by atoms with van der Waals surface area (Å²) in [6, 6.07) is 1.92. The molecule has 1 unspecified atom stereocenters. The number of carbonyl (C=O) groups excluding carboxylic acids is 2. The maximum absolute atomic E-state index is 15.1. The first kappa shape index (κ1) is 36.9. The number of nitrogens with zero attached hydrogens (tertiary/aromatic N) is 1. The second kappa shape index (κ2) is 12.5. The summed E-state index contributed by atoms with van der Waals surface area (Å²) in [5.74, 6) is -4.03. The molecule has 3 atom stereocenters. The molecule has 2 aromatic rings. The van der Waals surface area contributed by atoms with Crippen LogP contribution in [0.3, 0.4) is 0 Å². The Bertz CT molecular complexity index is 1820. The quantitative estimate of drug-likeness (QED) is 0.326. The molecule has 2 heterocycles. The number of rotatable bonds is 7. The molecule has 0 radical (unpaired) electrons. The maximum Gasteiger partial charge on any atom is 0.435 e. The third kappa shape index (κ3) is 6.08. The monoisotopic (exact) mass is 746 g/mol. The molecule has 49 heavy (non-hydrogen) atoms. The molecule has 9 nitrogen and oxygen atoms in total. The van der Waals surface area contributed by atoms with Gasteiger partial charge in [0.1, 0.15) is 33.1 Å². The summed E-state index contributed by atoms with van der Waals surface area (Å²) in [4.78, 5) is 27.1. The highest BCUT2D eigenvalue weighted by atomic mass is 32.2. The Labute approximate surface area is 275 Å². The van der Waals surface area contributed by atoms with Gasteiger partial charge in [0.25, 0.3) is 0 Å². The molecule has 0 aromatic heterocycles. The smallest absolute Gasteiger partial charge is 0.387 e. The molecule has 2 aromatic carbocycles. The van der Waals surface area contributed by atoms with Crippen LogP contribution in [0.2, 0.25) is 0 Å². The maximum atomic E-state index is 15.1. The average molecular weight is 747 g/mol. The zero-order valence-corrected chi connectivity index (χ0v) is 27.0. The van der Waals surface area contributed by atoms with Crippen LogP contribution in [0.1, 0.15) is 42.4 Å². The molecular formula is C30H30F8N2O7S2. The van der Waals surface area contributed by atoms with E-state index in [1.807, 2.05) is 0 Å². The topological polar surface area (TPSA) is 138 Å². The van der Waals surface area contributed by atoms with Gasteiger partial charge >= 0.3 is 18.0 Å². The first-order chi connectivity index (χ1) is 22.6. The van der Waals surface area contributed by atoms with E-state index >= 15 is 4.39 Å². The molecule has 0 saturated carbocycles. The van der Waals surface area contributed by atoms with E-state index < -0.39 is 102 Å². The summed E-state index contributed by atoms with van der Waals surface area (Å²) in [5, 5.41) is 11.8. The van der Waals surface area contributed by atoms with Crippen molar-refractivity contribution in [1.82, 2.24) is 10.2 Å². The molecule has 2 N–H and O–H groups in total. The summed E-state index contributed by atoms with van der Waals surface area (Å²) < 4.78 is 162. The third-order valence-corrected chi connectivity index (χ3v) is 14.0.